The minimum Gasteiger partial charge on any atom is -0.390 e. The van der Waals surface area contributed by atoms with Crippen LogP contribution in [0.1, 0.15) is 64.6 Å². The van der Waals surface area contributed by atoms with Crippen LogP contribution < -0.4 is 0 Å². The molecule has 0 bridgehead atoms. The third kappa shape index (κ3) is 3.47. The van der Waals surface area contributed by atoms with E-state index in [0.29, 0.717) is 5.54 Å². The van der Waals surface area contributed by atoms with Gasteiger partial charge >= 0.3 is 9.28 Å². The Kier molecular flexibility index (Phi) is 5.41. The molecule has 1 unspecified atom stereocenters. The van der Waals surface area contributed by atoms with Crippen molar-refractivity contribution < 1.29 is 8.85 Å². The molecule has 0 amide bonds. The van der Waals surface area contributed by atoms with Gasteiger partial charge in [0.2, 0.25) is 0 Å². The maximum Gasteiger partial charge on any atom is 0.397 e. The summed E-state index contributed by atoms with van der Waals surface area (Å²) in [4.78, 5) is 0. The average molecular weight is 303 g/mol. The van der Waals surface area contributed by atoms with Crippen molar-refractivity contribution in [2.24, 2.45) is 0 Å². The van der Waals surface area contributed by atoms with E-state index in [2.05, 4.69) is 65.8 Å². The Morgan fingerprint density at radius 2 is 1.62 bits per heavy atom. The number of benzene rings is 1. The predicted octanol–water partition coefficient (Wildman–Crippen LogP) is 4.84. The SMILES string of the molecule is CCC1=C(C)C([Si](OC(C)C)OC(C)C)c2ccccc21. The van der Waals surface area contributed by atoms with E-state index in [1.807, 2.05) is 0 Å². The van der Waals surface area contributed by atoms with Gasteiger partial charge in [0.25, 0.3) is 0 Å². The van der Waals surface area contributed by atoms with E-state index in [9.17, 15) is 0 Å². The minimum atomic E-state index is -1.38. The first-order chi connectivity index (χ1) is 9.95. The Morgan fingerprint density at radius 3 is 2.14 bits per heavy atom. The smallest absolute Gasteiger partial charge is 0.390 e. The van der Waals surface area contributed by atoms with Crippen LogP contribution in [0.3, 0.4) is 0 Å². The Morgan fingerprint density at radius 1 is 1.05 bits per heavy atom. The van der Waals surface area contributed by atoms with Gasteiger partial charge in [-0.1, -0.05) is 36.8 Å². The highest BCUT2D eigenvalue weighted by atomic mass is 28.3. The third-order valence-corrected chi connectivity index (χ3v) is 6.42. The zero-order chi connectivity index (χ0) is 15.6. The van der Waals surface area contributed by atoms with Gasteiger partial charge in [-0.3, -0.25) is 0 Å². The van der Waals surface area contributed by atoms with E-state index in [4.69, 9.17) is 8.85 Å². The molecule has 1 aromatic rings. The lowest BCUT2D eigenvalue weighted by Crippen LogP contribution is -2.36. The highest BCUT2D eigenvalue weighted by molar-refractivity contribution is 6.48. The van der Waals surface area contributed by atoms with E-state index in [0.717, 1.165) is 6.42 Å². The van der Waals surface area contributed by atoms with Gasteiger partial charge in [0.1, 0.15) is 0 Å². The van der Waals surface area contributed by atoms with Gasteiger partial charge in [0.05, 0.1) is 5.54 Å². The molecule has 0 saturated carbocycles. The van der Waals surface area contributed by atoms with Crippen molar-refractivity contribution >= 4 is 14.9 Å². The summed E-state index contributed by atoms with van der Waals surface area (Å²) in [6.07, 6.45) is 1.46. The fraction of sp³-hybridized carbons (Fsp3) is 0.556. The lowest BCUT2D eigenvalue weighted by Gasteiger charge is -2.26. The summed E-state index contributed by atoms with van der Waals surface area (Å²) in [5.41, 5.74) is 6.00. The first-order valence-corrected chi connectivity index (χ1v) is 9.34. The van der Waals surface area contributed by atoms with Crippen LogP contribution in [0.4, 0.5) is 0 Å². The molecule has 0 saturated heterocycles. The maximum atomic E-state index is 6.21. The minimum absolute atomic E-state index is 0.197. The predicted molar refractivity (Wildman–Crippen MR) is 90.3 cm³/mol. The highest BCUT2D eigenvalue weighted by Crippen LogP contribution is 2.44. The summed E-state index contributed by atoms with van der Waals surface area (Å²) in [6.45, 7) is 12.9. The Hall–Kier alpha value is -0.903. The molecule has 2 rings (SSSR count). The molecule has 2 nitrogen and oxygen atoms in total. The molecule has 0 fully saturated rings. The van der Waals surface area contributed by atoms with E-state index in [-0.39, 0.29) is 12.2 Å². The molecule has 1 atom stereocenters. The van der Waals surface area contributed by atoms with Crippen LogP contribution in [0.2, 0.25) is 0 Å². The maximum absolute atomic E-state index is 6.21. The van der Waals surface area contributed by atoms with Gasteiger partial charge in [-0.25, -0.2) is 0 Å². The Balaban J connectivity index is 2.42. The third-order valence-electron chi connectivity index (χ3n) is 3.80. The van der Waals surface area contributed by atoms with E-state index >= 15 is 0 Å². The van der Waals surface area contributed by atoms with Crippen LogP contribution in [-0.4, -0.2) is 21.5 Å². The van der Waals surface area contributed by atoms with Crippen molar-refractivity contribution in [2.45, 2.75) is 65.7 Å². The van der Waals surface area contributed by atoms with Crippen LogP contribution in [0, 0.1) is 0 Å². The number of rotatable bonds is 6. The lowest BCUT2D eigenvalue weighted by atomic mass is 10.0. The van der Waals surface area contributed by atoms with Crippen LogP contribution in [0.15, 0.2) is 29.8 Å². The molecule has 1 aliphatic rings. The number of hydrogen-bond acceptors (Lipinski definition) is 2. The summed E-state index contributed by atoms with van der Waals surface area (Å²) < 4.78 is 12.4. The van der Waals surface area contributed by atoms with E-state index < -0.39 is 9.28 Å². The standard InChI is InChI=1S/C18H27O2Si/c1-7-15-14(6)18(17-11-9-8-10-16(15)17)21(19-12(2)3)20-13(4)5/h8-13,18H,7H2,1-6H3. The molecule has 3 heteroatoms. The van der Waals surface area contributed by atoms with Gasteiger partial charge in [-0.05, 0) is 57.7 Å². The molecule has 1 aromatic carbocycles. The average Bonchev–Trinajstić information content (AvgIpc) is 2.68. The molecule has 0 aromatic heterocycles. The highest BCUT2D eigenvalue weighted by Gasteiger charge is 2.39. The fourth-order valence-electron chi connectivity index (χ4n) is 3.04. The fourth-order valence-corrected chi connectivity index (χ4v) is 5.34. The molecule has 21 heavy (non-hydrogen) atoms. The second-order valence-electron chi connectivity index (χ2n) is 6.19. The second-order valence-corrected chi connectivity index (χ2v) is 7.87. The first kappa shape index (κ1) is 16.5. The molecule has 115 valence electrons. The van der Waals surface area contributed by atoms with E-state index in [1.54, 1.807) is 0 Å². The van der Waals surface area contributed by atoms with Crippen LogP contribution in [-0.2, 0) is 8.85 Å². The Bertz CT molecular complexity index is 510. The largest absolute Gasteiger partial charge is 0.397 e. The molecule has 0 aliphatic heterocycles. The van der Waals surface area contributed by atoms with Crippen molar-refractivity contribution in [3.63, 3.8) is 0 Å². The van der Waals surface area contributed by atoms with Crippen molar-refractivity contribution in [1.29, 1.82) is 0 Å². The van der Waals surface area contributed by atoms with Gasteiger partial charge in [-0.2, -0.15) is 0 Å². The molecule has 0 heterocycles. The lowest BCUT2D eigenvalue weighted by molar-refractivity contribution is 0.126. The molecular formula is C18H27O2Si. The summed E-state index contributed by atoms with van der Waals surface area (Å²) >= 11 is 0. The van der Waals surface area contributed by atoms with Gasteiger partial charge in [-0.15, -0.1) is 0 Å². The van der Waals surface area contributed by atoms with Crippen LogP contribution in [0.5, 0.6) is 0 Å². The molecule has 1 aliphatic carbocycles. The summed E-state index contributed by atoms with van der Waals surface area (Å²) in [5.74, 6) is 0. The van der Waals surface area contributed by atoms with Crippen LogP contribution >= 0.6 is 0 Å². The number of fused-ring (bicyclic) bond motifs is 1. The van der Waals surface area contributed by atoms with E-state index in [1.165, 1.54) is 22.3 Å². The second kappa shape index (κ2) is 6.90. The van der Waals surface area contributed by atoms with Crippen molar-refractivity contribution in [2.75, 3.05) is 0 Å². The van der Waals surface area contributed by atoms with Crippen molar-refractivity contribution in [1.82, 2.24) is 0 Å². The van der Waals surface area contributed by atoms with Gasteiger partial charge < -0.3 is 8.85 Å². The van der Waals surface area contributed by atoms with Crippen molar-refractivity contribution in [3.05, 3.63) is 41.0 Å². The number of hydrogen-bond donors (Lipinski definition) is 0. The molecule has 0 N–H and O–H groups in total. The molecule has 1 radical (unpaired) electrons. The Labute approximate surface area is 131 Å². The molecular weight excluding hydrogens is 276 g/mol. The normalized spacial score (nSPS) is 18.2. The summed E-state index contributed by atoms with van der Waals surface area (Å²) in [7, 11) is -1.38. The summed E-state index contributed by atoms with van der Waals surface area (Å²) in [6, 6.07) is 8.73. The molecule has 0 spiro atoms. The number of allylic oxidation sites excluding steroid dienone is 2. The van der Waals surface area contributed by atoms with Gasteiger partial charge in [0, 0.05) is 12.2 Å². The first-order valence-electron chi connectivity index (χ1n) is 7.94. The van der Waals surface area contributed by atoms with Crippen LogP contribution in [0.25, 0.3) is 5.57 Å². The quantitative estimate of drug-likeness (QED) is 0.700. The van der Waals surface area contributed by atoms with Gasteiger partial charge in [0.15, 0.2) is 0 Å². The zero-order valence-electron chi connectivity index (χ0n) is 14.1. The topological polar surface area (TPSA) is 18.5 Å². The monoisotopic (exact) mass is 303 g/mol. The zero-order valence-corrected chi connectivity index (χ0v) is 15.1. The van der Waals surface area contributed by atoms with Crippen molar-refractivity contribution in [3.8, 4) is 0 Å². The summed E-state index contributed by atoms with van der Waals surface area (Å²) in [5, 5.41) is 0.